The van der Waals surface area contributed by atoms with Gasteiger partial charge in [-0.2, -0.15) is 0 Å². The number of benzene rings is 1. The maximum absolute atomic E-state index is 11.3. The Balaban J connectivity index is 3.14. The Kier molecular flexibility index (Phi) is 3.65. The Labute approximate surface area is 104 Å². The van der Waals surface area contributed by atoms with Gasteiger partial charge in [0.2, 0.25) is 0 Å². The maximum atomic E-state index is 11.3. The van der Waals surface area contributed by atoms with Crippen LogP contribution in [0.2, 0.25) is 0 Å². The van der Waals surface area contributed by atoms with Crippen LogP contribution in [0.1, 0.15) is 52.2 Å². The zero-order chi connectivity index (χ0) is 13.3. The first-order chi connectivity index (χ1) is 7.71. The van der Waals surface area contributed by atoms with Crippen LogP contribution in [0.15, 0.2) is 24.3 Å². The van der Waals surface area contributed by atoms with Crippen molar-refractivity contribution >= 4 is 5.97 Å². The molecule has 0 radical (unpaired) electrons. The van der Waals surface area contributed by atoms with Gasteiger partial charge in [0.1, 0.15) is 0 Å². The molecule has 17 heavy (non-hydrogen) atoms. The molecule has 1 aromatic rings. The molecule has 0 aromatic heterocycles. The van der Waals surface area contributed by atoms with Crippen molar-refractivity contribution in [2.24, 2.45) is 0 Å². The summed E-state index contributed by atoms with van der Waals surface area (Å²) in [6.07, 6.45) is 0.594. The van der Waals surface area contributed by atoms with Crippen LogP contribution in [0, 0.1) is 0 Å². The molecule has 0 aliphatic rings. The molecule has 2 heteroatoms. The van der Waals surface area contributed by atoms with E-state index >= 15 is 0 Å². The van der Waals surface area contributed by atoms with Gasteiger partial charge in [-0.3, -0.25) is 4.79 Å². The lowest BCUT2D eigenvalue weighted by Gasteiger charge is -2.25. The van der Waals surface area contributed by atoms with Crippen molar-refractivity contribution < 1.29 is 9.90 Å². The van der Waals surface area contributed by atoms with Gasteiger partial charge in [-0.05, 0) is 29.9 Å². The predicted octanol–water partition coefficient (Wildman–Crippen LogP) is 3.74. The molecule has 0 spiro atoms. The van der Waals surface area contributed by atoms with Crippen molar-refractivity contribution in [2.75, 3.05) is 0 Å². The first-order valence-corrected chi connectivity index (χ1v) is 6.06. The smallest absolute Gasteiger partial charge is 0.313 e. The molecule has 0 fully saturated rings. The molecule has 1 atom stereocenters. The second-order valence-electron chi connectivity index (χ2n) is 5.82. The lowest BCUT2D eigenvalue weighted by molar-refractivity contribution is -0.143. The number of carbonyl (C=O) groups is 1. The van der Waals surface area contributed by atoms with Gasteiger partial charge in [-0.15, -0.1) is 0 Å². The molecule has 0 bridgehead atoms. The topological polar surface area (TPSA) is 37.3 Å². The first kappa shape index (κ1) is 13.8. The standard InChI is InChI=1S/C15H22O2/c1-6-15(5,13(16)17)12-9-7-11(8-10-12)14(2,3)4/h7-10H,6H2,1-5H3,(H,16,17). The summed E-state index contributed by atoms with van der Waals surface area (Å²) < 4.78 is 0. The van der Waals surface area contributed by atoms with Crippen molar-refractivity contribution in [3.63, 3.8) is 0 Å². The number of hydrogen-bond acceptors (Lipinski definition) is 1. The molecule has 1 N–H and O–H groups in total. The van der Waals surface area contributed by atoms with Gasteiger partial charge in [0.05, 0.1) is 5.41 Å². The van der Waals surface area contributed by atoms with Crippen LogP contribution in [0.25, 0.3) is 0 Å². The van der Waals surface area contributed by atoms with Gasteiger partial charge in [0, 0.05) is 0 Å². The van der Waals surface area contributed by atoms with Crippen molar-refractivity contribution in [2.45, 2.75) is 51.9 Å². The van der Waals surface area contributed by atoms with E-state index in [1.54, 1.807) is 6.92 Å². The van der Waals surface area contributed by atoms with E-state index in [2.05, 4.69) is 20.8 Å². The summed E-state index contributed by atoms with van der Waals surface area (Å²) in [4.78, 5) is 11.3. The number of hydrogen-bond donors (Lipinski definition) is 1. The minimum Gasteiger partial charge on any atom is -0.481 e. The number of aliphatic carboxylic acids is 1. The molecule has 1 aromatic carbocycles. The molecular formula is C15H22O2. The Morgan fingerprint density at radius 2 is 1.47 bits per heavy atom. The highest BCUT2D eigenvalue weighted by Crippen LogP contribution is 2.30. The molecule has 0 heterocycles. The normalized spacial score (nSPS) is 15.4. The molecule has 0 aliphatic heterocycles. The maximum Gasteiger partial charge on any atom is 0.313 e. The monoisotopic (exact) mass is 234 g/mol. The summed E-state index contributed by atoms with van der Waals surface area (Å²) >= 11 is 0. The van der Waals surface area contributed by atoms with E-state index in [1.165, 1.54) is 5.56 Å². The zero-order valence-corrected chi connectivity index (χ0v) is 11.4. The summed E-state index contributed by atoms with van der Waals surface area (Å²) in [5.41, 5.74) is 1.42. The van der Waals surface area contributed by atoms with Crippen LogP contribution >= 0.6 is 0 Å². The van der Waals surface area contributed by atoms with Gasteiger partial charge in [0.25, 0.3) is 0 Å². The van der Waals surface area contributed by atoms with E-state index in [1.807, 2.05) is 31.2 Å². The van der Waals surface area contributed by atoms with E-state index in [9.17, 15) is 9.90 Å². The minimum absolute atomic E-state index is 0.102. The summed E-state index contributed by atoms with van der Waals surface area (Å²) in [6, 6.07) is 7.95. The van der Waals surface area contributed by atoms with Crippen molar-refractivity contribution in [3.8, 4) is 0 Å². The van der Waals surface area contributed by atoms with Crippen molar-refractivity contribution in [3.05, 3.63) is 35.4 Å². The number of carboxylic acids is 1. The quantitative estimate of drug-likeness (QED) is 0.865. The third-order valence-corrected chi connectivity index (χ3v) is 3.57. The lowest BCUT2D eigenvalue weighted by Crippen LogP contribution is -2.31. The predicted molar refractivity (Wildman–Crippen MR) is 70.4 cm³/mol. The summed E-state index contributed by atoms with van der Waals surface area (Å²) in [6.45, 7) is 10.1. The molecule has 0 aliphatic carbocycles. The Morgan fingerprint density at radius 3 is 1.76 bits per heavy atom. The number of carboxylic acid groups (broad SMARTS) is 1. The van der Waals surface area contributed by atoms with Gasteiger partial charge in [0.15, 0.2) is 0 Å². The van der Waals surface area contributed by atoms with E-state index < -0.39 is 11.4 Å². The van der Waals surface area contributed by atoms with Crippen LogP contribution in [0.5, 0.6) is 0 Å². The fourth-order valence-corrected chi connectivity index (χ4v) is 1.82. The zero-order valence-electron chi connectivity index (χ0n) is 11.4. The Hall–Kier alpha value is -1.31. The molecule has 0 amide bonds. The second kappa shape index (κ2) is 4.52. The molecule has 2 nitrogen and oxygen atoms in total. The molecular weight excluding hydrogens is 212 g/mol. The third-order valence-electron chi connectivity index (χ3n) is 3.57. The third kappa shape index (κ3) is 2.68. The highest BCUT2D eigenvalue weighted by atomic mass is 16.4. The van der Waals surface area contributed by atoms with Crippen molar-refractivity contribution in [1.82, 2.24) is 0 Å². The van der Waals surface area contributed by atoms with Gasteiger partial charge in [-0.25, -0.2) is 0 Å². The largest absolute Gasteiger partial charge is 0.481 e. The molecule has 0 saturated heterocycles. The highest BCUT2D eigenvalue weighted by Gasteiger charge is 2.33. The van der Waals surface area contributed by atoms with Crippen LogP contribution < -0.4 is 0 Å². The average molecular weight is 234 g/mol. The van der Waals surface area contributed by atoms with Crippen LogP contribution in [-0.4, -0.2) is 11.1 Å². The number of rotatable bonds is 3. The van der Waals surface area contributed by atoms with Crippen molar-refractivity contribution in [1.29, 1.82) is 0 Å². The van der Waals surface area contributed by atoms with E-state index in [-0.39, 0.29) is 5.41 Å². The highest BCUT2D eigenvalue weighted by molar-refractivity contribution is 5.80. The van der Waals surface area contributed by atoms with E-state index in [0.29, 0.717) is 6.42 Å². The average Bonchev–Trinajstić information content (AvgIpc) is 2.26. The lowest BCUT2D eigenvalue weighted by atomic mass is 9.78. The fourth-order valence-electron chi connectivity index (χ4n) is 1.82. The SMILES string of the molecule is CCC(C)(C(=O)O)c1ccc(C(C)(C)C)cc1. The van der Waals surface area contributed by atoms with Gasteiger partial charge < -0.3 is 5.11 Å². The summed E-state index contributed by atoms with van der Waals surface area (Å²) in [7, 11) is 0. The van der Waals surface area contributed by atoms with Crippen LogP contribution in [0.3, 0.4) is 0 Å². The summed E-state index contributed by atoms with van der Waals surface area (Å²) in [5.74, 6) is -0.761. The molecule has 94 valence electrons. The van der Waals surface area contributed by atoms with E-state index in [4.69, 9.17) is 0 Å². The molecule has 1 unspecified atom stereocenters. The Bertz CT molecular complexity index is 398. The molecule has 0 saturated carbocycles. The van der Waals surface area contributed by atoms with Crippen LogP contribution in [0.4, 0.5) is 0 Å². The minimum atomic E-state index is -0.781. The Morgan fingerprint density at radius 1 is 1.06 bits per heavy atom. The second-order valence-corrected chi connectivity index (χ2v) is 5.82. The van der Waals surface area contributed by atoms with E-state index in [0.717, 1.165) is 5.56 Å². The van der Waals surface area contributed by atoms with Gasteiger partial charge in [-0.1, -0.05) is 52.0 Å². The fraction of sp³-hybridized carbons (Fsp3) is 0.533. The van der Waals surface area contributed by atoms with Crippen LogP contribution in [-0.2, 0) is 15.6 Å². The summed E-state index contributed by atoms with van der Waals surface area (Å²) in [5, 5.41) is 9.32. The van der Waals surface area contributed by atoms with Gasteiger partial charge >= 0.3 is 5.97 Å². The first-order valence-electron chi connectivity index (χ1n) is 6.06. The molecule has 1 rings (SSSR count).